The molecule has 0 spiro atoms. The Kier molecular flexibility index (Phi) is 9.37. The van der Waals surface area contributed by atoms with Gasteiger partial charge in [0.05, 0.1) is 5.69 Å². The first-order valence-corrected chi connectivity index (χ1v) is 11.7. The van der Waals surface area contributed by atoms with Crippen molar-refractivity contribution in [1.82, 2.24) is 19.7 Å². The molecule has 0 aliphatic carbocycles. The molecule has 192 valence electrons. The van der Waals surface area contributed by atoms with E-state index in [0.717, 1.165) is 40.3 Å². The number of carboxylic acid groups (broad SMARTS) is 2. The monoisotopic (exact) mass is 522 g/mol. The van der Waals surface area contributed by atoms with Crippen molar-refractivity contribution in [3.05, 3.63) is 84.0 Å². The van der Waals surface area contributed by atoms with Gasteiger partial charge in [-0.05, 0) is 57.4 Å². The summed E-state index contributed by atoms with van der Waals surface area (Å²) in [6, 6.07) is 19.6. The Morgan fingerprint density at radius 3 is 2.35 bits per heavy atom. The Labute approximate surface area is 219 Å². The highest BCUT2D eigenvalue weighted by atomic mass is 35.5. The number of nitrogens with zero attached hydrogens (tertiary/aromatic N) is 4. The van der Waals surface area contributed by atoms with Crippen LogP contribution in [0.1, 0.15) is 6.92 Å². The number of carboxylic acids is 2. The molecule has 2 heterocycles. The first-order valence-electron chi connectivity index (χ1n) is 11.3. The maximum absolute atomic E-state index is 9.55. The number of halogens is 1. The summed E-state index contributed by atoms with van der Waals surface area (Å²) in [5.74, 6) is -1.70. The van der Waals surface area contributed by atoms with E-state index in [4.69, 9.17) is 31.6 Å². The normalized spacial score (nSPS) is 11.8. The molecule has 4 aromatic rings. The molecule has 0 aliphatic heterocycles. The molecule has 0 radical (unpaired) electrons. The van der Waals surface area contributed by atoms with E-state index in [1.807, 2.05) is 79.4 Å². The van der Waals surface area contributed by atoms with Crippen LogP contribution in [0.5, 0.6) is 5.75 Å². The van der Waals surface area contributed by atoms with Crippen LogP contribution in [-0.4, -0.2) is 68.6 Å². The minimum Gasteiger partial charge on any atom is -0.489 e. The molecule has 0 saturated carbocycles. The van der Waals surface area contributed by atoms with Gasteiger partial charge in [0.15, 0.2) is 5.65 Å². The molecular weight excluding hydrogens is 496 g/mol. The van der Waals surface area contributed by atoms with Gasteiger partial charge in [-0.3, -0.25) is 0 Å². The molecule has 0 fully saturated rings. The van der Waals surface area contributed by atoms with Crippen LogP contribution in [0, 0.1) is 0 Å². The van der Waals surface area contributed by atoms with Gasteiger partial charge >= 0.3 is 11.9 Å². The fourth-order valence-electron chi connectivity index (χ4n) is 3.57. The number of likely N-dealkylation sites (N-methyl/N-ethyl adjacent to an activating group) is 1. The number of aromatic nitrogens is 3. The van der Waals surface area contributed by atoms with Gasteiger partial charge in [0.2, 0.25) is 0 Å². The molecule has 4 rings (SSSR count). The third kappa shape index (κ3) is 7.89. The lowest BCUT2D eigenvalue weighted by Crippen LogP contribution is -2.27. The Bertz CT molecular complexity index is 1380. The molecule has 37 heavy (non-hydrogen) atoms. The molecule has 10 heteroatoms. The average Bonchev–Trinajstić information content (AvgIpc) is 3.23. The number of hydrogen-bond acceptors (Lipinski definition) is 6. The molecule has 0 amide bonds. The maximum atomic E-state index is 9.55. The molecule has 2 aromatic heterocycles. The van der Waals surface area contributed by atoms with Gasteiger partial charge in [-0.2, -0.15) is 5.10 Å². The third-order valence-corrected chi connectivity index (χ3v) is 5.20. The minimum atomic E-state index is -1.26. The Morgan fingerprint density at radius 1 is 1.05 bits per heavy atom. The predicted octanol–water partition coefficient (Wildman–Crippen LogP) is 4.78. The zero-order valence-electron chi connectivity index (χ0n) is 20.6. The van der Waals surface area contributed by atoms with E-state index >= 15 is 0 Å². The van der Waals surface area contributed by atoms with Gasteiger partial charge in [-0.25, -0.2) is 19.3 Å². The average molecular weight is 523 g/mol. The highest BCUT2D eigenvalue weighted by molar-refractivity contribution is 6.30. The van der Waals surface area contributed by atoms with Crippen LogP contribution in [0.2, 0.25) is 5.02 Å². The number of benzene rings is 2. The second kappa shape index (κ2) is 12.7. The van der Waals surface area contributed by atoms with Gasteiger partial charge in [0.1, 0.15) is 17.5 Å². The number of fused-ring (bicyclic) bond motifs is 1. The third-order valence-electron chi connectivity index (χ3n) is 4.95. The quantitative estimate of drug-likeness (QED) is 0.317. The highest BCUT2D eigenvalue weighted by Crippen LogP contribution is 2.30. The van der Waals surface area contributed by atoms with Crippen molar-refractivity contribution in [3.63, 3.8) is 0 Å². The summed E-state index contributed by atoms with van der Waals surface area (Å²) >= 11 is 6.05. The zero-order valence-corrected chi connectivity index (χ0v) is 21.3. The number of ether oxygens (including phenoxy) is 1. The predicted molar refractivity (Wildman–Crippen MR) is 142 cm³/mol. The van der Waals surface area contributed by atoms with Crippen molar-refractivity contribution in [3.8, 4) is 22.7 Å². The summed E-state index contributed by atoms with van der Waals surface area (Å²) in [6.07, 6.45) is 2.98. The highest BCUT2D eigenvalue weighted by Gasteiger charge is 2.15. The largest absolute Gasteiger partial charge is 0.489 e. The molecule has 2 aromatic carbocycles. The van der Waals surface area contributed by atoms with Crippen molar-refractivity contribution in [1.29, 1.82) is 0 Å². The molecular formula is C27H27ClN4O5. The summed E-state index contributed by atoms with van der Waals surface area (Å²) in [5.41, 5.74) is 3.58. The second-order valence-electron chi connectivity index (χ2n) is 8.34. The van der Waals surface area contributed by atoms with E-state index in [0.29, 0.717) is 17.2 Å². The number of aliphatic carboxylic acids is 2. The van der Waals surface area contributed by atoms with Crippen molar-refractivity contribution in [2.75, 3.05) is 20.6 Å². The Balaban J connectivity index is 0.000000414. The number of hydrogen-bond donors (Lipinski definition) is 2. The molecule has 0 saturated heterocycles. The summed E-state index contributed by atoms with van der Waals surface area (Å²) in [7, 11) is 4.08. The lowest BCUT2D eigenvalue weighted by Gasteiger charge is -2.19. The summed E-state index contributed by atoms with van der Waals surface area (Å²) in [6.45, 7) is 2.91. The SMILES string of the molecule is CC(CN(C)C)Oc1cccc(-n2nc(-c3ccc(Cl)cc3)c3cccnc32)c1.O=C(O)/C=C/C(=O)O. The number of rotatable bonds is 8. The number of carbonyl (C=O) groups is 2. The number of pyridine rings is 1. The van der Waals surface area contributed by atoms with Crippen LogP contribution in [0.15, 0.2) is 79.0 Å². The van der Waals surface area contributed by atoms with Crippen LogP contribution in [0.4, 0.5) is 0 Å². The van der Waals surface area contributed by atoms with E-state index in [1.165, 1.54) is 0 Å². The van der Waals surface area contributed by atoms with Gasteiger partial charge in [-0.15, -0.1) is 0 Å². The standard InChI is InChI=1S/C23H23ClN4O.C4H4O4/c1-16(15-27(2)3)29-20-7-4-6-19(14-20)28-23-21(8-5-13-25-23)22(26-28)17-9-11-18(24)12-10-17;5-3(6)1-2-4(7)8/h4-14,16H,15H2,1-3H3;1-2H,(H,5,6)(H,7,8)/b;2-1+. The van der Waals surface area contributed by atoms with Crippen molar-refractivity contribution >= 4 is 34.6 Å². The zero-order chi connectivity index (χ0) is 26.9. The van der Waals surface area contributed by atoms with Crippen molar-refractivity contribution in [2.24, 2.45) is 0 Å². The van der Waals surface area contributed by atoms with E-state index in [1.54, 1.807) is 6.20 Å². The molecule has 0 bridgehead atoms. The molecule has 9 nitrogen and oxygen atoms in total. The first kappa shape index (κ1) is 27.4. The molecule has 1 atom stereocenters. The smallest absolute Gasteiger partial charge is 0.328 e. The molecule has 1 unspecified atom stereocenters. The lowest BCUT2D eigenvalue weighted by molar-refractivity contribution is -0.134. The van der Waals surface area contributed by atoms with E-state index in [-0.39, 0.29) is 6.10 Å². The van der Waals surface area contributed by atoms with Crippen LogP contribution in [0.25, 0.3) is 28.0 Å². The molecule has 0 aliphatic rings. The van der Waals surface area contributed by atoms with Crippen molar-refractivity contribution in [2.45, 2.75) is 13.0 Å². The Hall–Kier alpha value is -4.21. The van der Waals surface area contributed by atoms with Crippen LogP contribution in [-0.2, 0) is 9.59 Å². The second-order valence-corrected chi connectivity index (χ2v) is 8.78. The summed E-state index contributed by atoms with van der Waals surface area (Å²) in [5, 5.41) is 22.2. The topological polar surface area (TPSA) is 118 Å². The Morgan fingerprint density at radius 2 is 1.73 bits per heavy atom. The maximum Gasteiger partial charge on any atom is 0.328 e. The summed E-state index contributed by atoms with van der Waals surface area (Å²) < 4.78 is 7.95. The minimum absolute atomic E-state index is 0.0809. The summed E-state index contributed by atoms with van der Waals surface area (Å²) in [4.78, 5) is 25.8. The fourth-order valence-corrected chi connectivity index (χ4v) is 3.69. The van der Waals surface area contributed by atoms with Gasteiger partial charge < -0.3 is 19.8 Å². The van der Waals surface area contributed by atoms with Gasteiger partial charge in [0, 0.05) is 46.9 Å². The van der Waals surface area contributed by atoms with Crippen LogP contribution in [0.3, 0.4) is 0 Å². The lowest BCUT2D eigenvalue weighted by atomic mass is 10.1. The first-order chi connectivity index (χ1) is 17.6. The van der Waals surface area contributed by atoms with Gasteiger partial charge in [-0.1, -0.05) is 29.8 Å². The van der Waals surface area contributed by atoms with E-state index in [9.17, 15) is 9.59 Å². The van der Waals surface area contributed by atoms with Crippen LogP contribution >= 0.6 is 11.6 Å². The molecule has 2 N–H and O–H groups in total. The van der Waals surface area contributed by atoms with E-state index in [2.05, 4.69) is 16.8 Å². The fraction of sp³-hybridized carbons (Fsp3) is 0.185. The van der Waals surface area contributed by atoms with Gasteiger partial charge in [0.25, 0.3) is 0 Å². The van der Waals surface area contributed by atoms with E-state index < -0.39 is 11.9 Å². The van der Waals surface area contributed by atoms with Crippen LogP contribution < -0.4 is 4.74 Å². The van der Waals surface area contributed by atoms with Crippen molar-refractivity contribution < 1.29 is 24.5 Å².